The average Bonchev–Trinajstić information content (AvgIpc) is 2.73. The van der Waals surface area contributed by atoms with Crippen molar-refractivity contribution >= 4 is 75.1 Å². The summed E-state index contributed by atoms with van der Waals surface area (Å²) in [5, 5.41) is 0. The van der Waals surface area contributed by atoms with Crippen LogP contribution >= 0.6 is 63.7 Å². The molecule has 0 heterocycles. The molecule has 6 heteroatoms. The number of hydrogen-bond acceptors (Lipinski definition) is 2. The number of rotatable bonds is 0. The van der Waals surface area contributed by atoms with E-state index in [1.54, 1.807) is 0 Å². The van der Waals surface area contributed by atoms with Gasteiger partial charge >= 0.3 is 0 Å². The smallest absolute Gasteiger partial charge is 0.0606 e. The molecule has 0 atom stereocenters. The minimum atomic E-state index is 0.731. The summed E-state index contributed by atoms with van der Waals surface area (Å²) in [5.41, 5.74) is 18.3. The van der Waals surface area contributed by atoms with Crippen LogP contribution < -0.4 is 11.5 Å². The van der Waals surface area contributed by atoms with Crippen molar-refractivity contribution in [3.63, 3.8) is 0 Å². The van der Waals surface area contributed by atoms with Crippen molar-refractivity contribution < 1.29 is 0 Å². The second kappa shape index (κ2) is 4.76. The fourth-order valence-corrected chi connectivity index (χ4v) is 4.88. The van der Waals surface area contributed by atoms with Crippen molar-refractivity contribution in [3.05, 3.63) is 41.2 Å². The maximum atomic E-state index is 6.05. The van der Waals surface area contributed by atoms with Gasteiger partial charge in [-0.25, -0.2) is 0 Å². The Morgan fingerprint density at radius 3 is 1.47 bits per heavy atom. The zero-order valence-corrected chi connectivity index (χ0v) is 15.9. The van der Waals surface area contributed by atoms with Crippen molar-refractivity contribution in [2.75, 3.05) is 11.5 Å². The molecular formula is C13H8Br4N2. The first-order valence-electron chi connectivity index (χ1n) is 5.45. The molecule has 0 aliphatic heterocycles. The maximum absolute atomic E-state index is 6.05. The van der Waals surface area contributed by atoms with Gasteiger partial charge in [0.05, 0.1) is 11.4 Å². The first kappa shape index (κ1) is 13.9. The third kappa shape index (κ3) is 1.99. The molecule has 3 rings (SSSR count). The SMILES string of the molecule is Nc1c(Br)cc2c(c1Br)Cc1c-2cc(Br)c(N)c1Br. The van der Waals surface area contributed by atoms with Gasteiger partial charge in [-0.3, -0.25) is 0 Å². The average molecular weight is 512 g/mol. The molecule has 1 aliphatic rings. The van der Waals surface area contributed by atoms with Crippen LogP contribution in [0.1, 0.15) is 11.1 Å². The Labute approximate surface area is 144 Å². The van der Waals surface area contributed by atoms with E-state index in [-0.39, 0.29) is 0 Å². The molecule has 0 aromatic heterocycles. The van der Waals surface area contributed by atoms with Gasteiger partial charge in [-0.1, -0.05) is 0 Å². The van der Waals surface area contributed by atoms with Crippen LogP contribution in [0.15, 0.2) is 30.0 Å². The van der Waals surface area contributed by atoms with E-state index in [0.29, 0.717) is 0 Å². The summed E-state index contributed by atoms with van der Waals surface area (Å²) in [5.74, 6) is 0. The molecule has 0 unspecified atom stereocenters. The van der Waals surface area contributed by atoms with Gasteiger partial charge in [-0.2, -0.15) is 0 Å². The van der Waals surface area contributed by atoms with Crippen LogP contribution in [0, 0.1) is 0 Å². The third-order valence-corrected chi connectivity index (χ3v) is 6.48. The lowest BCUT2D eigenvalue weighted by Gasteiger charge is -2.09. The number of hydrogen-bond donors (Lipinski definition) is 2. The predicted molar refractivity (Wildman–Crippen MR) is 94.3 cm³/mol. The van der Waals surface area contributed by atoms with E-state index < -0.39 is 0 Å². The molecule has 19 heavy (non-hydrogen) atoms. The quantitative estimate of drug-likeness (QED) is 0.393. The molecule has 0 amide bonds. The number of benzene rings is 2. The summed E-state index contributed by atoms with van der Waals surface area (Å²) in [7, 11) is 0. The summed E-state index contributed by atoms with van der Waals surface area (Å²) >= 11 is 14.2. The summed E-state index contributed by atoms with van der Waals surface area (Å²) in [6.45, 7) is 0. The highest BCUT2D eigenvalue weighted by atomic mass is 79.9. The molecule has 2 aromatic rings. The highest BCUT2D eigenvalue weighted by Gasteiger charge is 2.26. The van der Waals surface area contributed by atoms with Crippen LogP contribution in [0.2, 0.25) is 0 Å². The van der Waals surface area contributed by atoms with Crippen molar-refractivity contribution in [2.45, 2.75) is 6.42 Å². The molecule has 0 saturated carbocycles. The van der Waals surface area contributed by atoms with E-state index in [4.69, 9.17) is 11.5 Å². The van der Waals surface area contributed by atoms with E-state index in [1.165, 1.54) is 22.3 Å². The van der Waals surface area contributed by atoms with Crippen LogP contribution in [0.25, 0.3) is 11.1 Å². The predicted octanol–water partition coefficient (Wildman–Crippen LogP) is 5.47. The monoisotopic (exact) mass is 508 g/mol. The lowest BCUT2D eigenvalue weighted by Crippen LogP contribution is -1.94. The van der Waals surface area contributed by atoms with Crippen LogP contribution in [0.5, 0.6) is 0 Å². The van der Waals surface area contributed by atoms with Gasteiger partial charge in [0, 0.05) is 24.3 Å². The summed E-state index contributed by atoms with van der Waals surface area (Å²) in [6, 6.07) is 4.13. The molecule has 98 valence electrons. The Balaban J connectivity index is 2.36. The van der Waals surface area contributed by atoms with E-state index in [9.17, 15) is 0 Å². The lowest BCUT2D eigenvalue weighted by atomic mass is 10.1. The van der Waals surface area contributed by atoms with E-state index in [2.05, 4.69) is 75.9 Å². The highest BCUT2D eigenvalue weighted by Crippen LogP contribution is 2.49. The van der Waals surface area contributed by atoms with E-state index in [0.717, 1.165) is 35.7 Å². The number of halogens is 4. The molecule has 4 N–H and O–H groups in total. The Bertz CT molecular complexity index is 664. The standard InChI is InChI=1S/C13H8Br4N2/c14-8-2-4-5-3-9(15)13(19)11(17)7(5)1-6(4)10(16)12(8)18/h2-3H,1,18-19H2. The summed E-state index contributed by atoms with van der Waals surface area (Å²) in [4.78, 5) is 0. The topological polar surface area (TPSA) is 52.0 Å². The van der Waals surface area contributed by atoms with Gasteiger partial charge in [0.1, 0.15) is 0 Å². The highest BCUT2D eigenvalue weighted by molar-refractivity contribution is 9.11. The maximum Gasteiger partial charge on any atom is 0.0606 e. The van der Waals surface area contributed by atoms with Gasteiger partial charge in [-0.05, 0) is 98.1 Å². The fraction of sp³-hybridized carbons (Fsp3) is 0.0769. The van der Waals surface area contributed by atoms with Gasteiger partial charge in [0.25, 0.3) is 0 Å². The minimum absolute atomic E-state index is 0.731. The zero-order valence-electron chi connectivity index (χ0n) is 9.53. The van der Waals surface area contributed by atoms with Crippen LogP contribution in [-0.4, -0.2) is 0 Å². The van der Waals surface area contributed by atoms with Crippen molar-refractivity contribution in [2.24, 2.45) is 0 Å². The Morgan fingerprint density at radius 1 is 0.737 bits per heavy atom. The summed E-state index contributed by atoms with van der Waals surface area (Å²) in [6.07, 6.45) is 0.820. The fourth-order valence-electron chi connectivity index (χ4n) is 2.36. The number of nitrogens with two attached hydrogens (primary N) is 2. The molecular weight excluding hydrogens is 504 g/mol. The molecule has 0 radical (unpaired) electrons. The normalized spacial score (nSPS) is 12.4. The number of anilines is 2. The van der Waals surface area contributed by atoms with Crippen LogP contribution in [-0.2, 0) is 6.42 Å². The molecule has 2 nitrogen and oxygen atoms in total. The molecule has 2 aromatic carbocycles. The Kier molecular flexibility index (Phi) is 3.48. The minimum Gasteiger partial charge on any atom is -0.397 e. The zero-order chi connectivity index (χ0) is 13.9. The first-order valence-corrected chi connectivity index (χ1v) is 8.62. The van der Waals surface area contributed by atoms with Crippen LogP contribution in [0.3, 0.4) is 0 Å². The van der Waals surface area contributed by atoms with Crippen molar-refractivity contribution in [3.8, 4) is 11.1 Å². The summed E-state index contributed by atoms with van der Waals surface area (Å²) < 4.78 is 3.70. The van der Waals surface area contributed by atoms with Crippen molar-refractivity contribution in [1.29, 1.82) is 0 Å². The van der Waals surface area contributed by atoms with Crippen molar-refractivity contribution in [1.82, 2.24) is 0 Å². The van der Waals surface area contributed by atoms with Gasteiger partial charge < -0.3 is 11.5 Å². The van der Waals surface area contributed by atoms with E-state index in [1.807, 2.05) is 0 Å². The third-order valence-electron chi connectivity index (χ3n) is 3.35. The Hall–Kier alpha value is -0.0400. The second-order valence-electron chi connectivity index (χ2n) is 4.40. The molecule has 0 saturated heterocycles. The molecule has 0 bridgehead atoms. The van der Waals surface area contributed by atoms with Crippen LogP contribution in [0.4, 0.5) is 11.4 Å². The Morgan fingerprint density at radius 2 is 1.11 bits per heavy atom. The van der Waals surface area contributed by atoms with E-state index >= 15 is 0 Å². The number of fused-ring (bicyclic) bond motifs is 3. The first-order chi connectivity index (χ1) is 8.91. The largest absolute Gasteiger partial charge is 0.397 e. The molecule has 0 spiro atoms. The second-order valence-corrected chi connectivity index (χ2v) is 7.70. The van der Waals surface area contributed by atoms with Gasteiger partial charge in [-0.15, -0.1) is 0 Å². The molecule has 0 fully saturated rings. The van der Waals surface area contributed by atoms with Gasteiger partial charge in [0.2, 0.25) is 0 Å². The van der Waals surface area contributed by atoms with Gasteiger partial charge in [0.15, 0.2) is 0 Å². The number of nitrogen functional groups attached to an aromatic ring is 2. The molecule has 1 aliphatic carbocycles. The lowest BCUT2D eigenvalue weighted by molar-refractivity contribution is 1.23.